The van der Waals surface area contributed by atoms with Crippen molar-refractivity contribution in [3.8, 4) is 0 Å². The fraction of sp³-hybridized carbons (Fsp3) is 0.812. The number of nitrogens with zero attached hydrogens (tertiary/aromatic N) is 1. The van der Waals surface area contributed by atoms with E-state index in [9.17, 15) is 0 Å². The number of thiazole rings is 1. The molecule has 1 aromatic heterocycles. The lowest BCUT2D eigenvalue weighted by Gasteiger charge is -2.34. The lowest BCUT2D eigenvalue weighted by molar-refractivity contribution is 0.224. The van der Waals surface area contributed by atoms with Crippen LogP contribution in [0, 0.1) is 12.3 Å². The molecule has 1 unspecified atom stereocenters. The Hall–Kier alpha value is -0.410. The first-order chi connectivity index (χ1) is 9.01. The number of nitrogens with one attached hydrogen (secondary N) is 1. The number of aryl methyl sites for hydroxylation is 1. The second-order valence-corrected chi connectivity index (χ2v) is 7.33. The van der Waals surface area contributed by atoms with Crippen LogP contribution in [0.5, 0.6) is 0 Å². The number of hydrogen-bond acceptors (Lipinski definition) is 3. The first-order valence-corrected chi connectivity index (χ1v) is 8.47. The average Bonchev–Trinajstić information content (AvgIpc) is 2.78. The molecule has 0 saturated heterocycles. The third-order valence-corrected chi connectivity index (χ3v) is 4.83. The van der Waals surface area contributed by atoms with E-state index in [1.54, 1.807) is 0 Å². The quantitative estimate of drug-likeness (QED) is 0.717. The summed E-state index contributed by atoms with van der Waals surface area (Å²) in [5.41, 5.74) is 0.402. The van der Waals surface area contributed by atoms with Crippen molar-refractivity contribution in [2.75, 3.05) is 6.54 Å². The first kappa shape index (κ1) is 16.6. The van der Waals surface area contributed by atoms with Crippen LogP contribution in [0.4, 0.5) is 0 Å². The van der Waals surface area contributed by atoms with E-state index in [1.807, 2.05) is 11.3 Å². The van der Waals surface area contributed by atoms with Crippen molar-refractivity contribution in [1.29, 1.82) is 0 Å². The van der Waals surface area contributed by atoms with Gasteiger partial charge in [0, 0.05) is 23.7 Å². The van der Waals surface area contributed by atoms with Gasteiger partial charge in [0.2, 0.25) is 0 Å². The monoisotopic (exact) mass is 282 g/mol. The Morgan fingerprint density at radius 2 is 2.11 bits per heavy atom. The van der Waals surface area contributed by atoms with E-state index in [2.05, 4.69) is 51.1 Å². The van der Waals surface area contributed by atoms with E-state index >= 15 is 0 Å². The van der Waals surface area contributed by atoms with Crippen LogP contribution in [0.1, 0.15) is 63.3 Å². The van der Waals surface area contributed by atoms with Gasteiger partial charge in [-0.3, -0.25) is 0 Å². The second kappa shape index (κ2) is 8.01. The van der Waals surface area contributed by atoms with Crippen molar-refractivity contribution >= 4 is 11.3 Å². The Bertz CT molecular complexity index is 359. The van der Waals surface area contributed by atoms with Crippen LogP contribution >= 0.6 is 11.3 Å². The highest BCUT2D eigenvalue weighted by atomic mass is 32.1. The molecule has 3 heteroatoms. The summed E-state index contributed by atoms with van der Waals surface area (Å²) in [6, 6.07) is 0.566. The number of hydrogen-bond donors (Lipinski definition) is 1. The number of rotatable bonds is 9. The van der Waals surface area contributed by atoms with Gasteiger partial charge in [-0.1, -0.05) is 40.5 Å². The van der Waals surface area contributed by atoms with E-state index in [-0.39, 0.29) is 0 Å². The summed E-state index contributed by atoms with van der Waals surface area (Å²) in [7, 11) is 0. The largest absolute Gasteiger partial charge is 0.314 e. The van der Waals surface area contributed by atoms with Crippen LogP contribution < -0.4 is 5.32 Å². The van der Waals surface area contributed by atoms with Gasteiger partial charge in [-0.25, -0.2) is 4.98 Å². The highest BCUT2D eigenvalue weighted by Crippen LogP contribution is 2.34. The lowest BCUT2D eigenvalue weighted by Crippen LogP contribution is -2.38. The zero-order valence-electron chi connectivity index (χ0n) is 13.3. The molecule has 0 radical (unpaired) electrons. The van der Waals surface area contributed by atoms with Crippen molar-refractivity contribution in [2.24, 2.45) is 5.41 Å². The summed E-state index contributed by atoms with van der Waals surface area (Å²) >= 11 is 1.86. The van der Waals surface area contributed by atoms with Gasteiger partial charge in [0.1, 0.15) is 0 Å². The zero-order valence-corrected chi connectivity index (χ0v) is 14.1. The number of aromatic nitrogens is 1. The average molecular weight is 282 g/mol. The molecule has 0 aromatic carbocycles. The third kappa shape index (κ3) is 5.62. The fourth-order valence-corrected chi connectivity index (χ4v) is 3.46. The Labute approximate surface area is 123 Å². The van der Waals surface area contributed by atoms with Crippen LogP contribution in [0.3, 0.4) is 0 Å². The van der Waals surface area contributed by atoms with Crippen molar-refractivity contribution in [2.45, 2.75) is 72.8 Å². The molecule has 0 bridgehead atoms. The van der Waals surface area contributed by atoms with Crippen LogP contribution in [-0.4, -0.2) is 17.6 Å². The summed E-state index contributed by atoms with van der Waals surface area (Å²) in [4.78, 5) is 5.85. The molecular weight excluding hydrogens is 252 g/mol. The van der Waals surface area contributed by atoms with Crippen LogP contribution in [0.2, 0.25) is 0 Å². The molecule has 1 aromatic rings. The molecule has 1 rings (SSSR count). The maximum absolute atomic E-state index is 4.41. The van der Waals surface area contributed by atoms with Gasteiger partial charge >= 0.3 is 0 Å². The minimum absolute atomic E-state index is 0.402. The molecule has 1 heterocycles. The van der Waals surface area contributed by atoms with E-state index in [4.69, 9.17) is 0 Å². The molecule has 0 aliphatic heterocycles. The maximum Gasteiger partial charge on any atom is 0.0896 e. The Morgan fingerprint density at radius 3 is 2.58 bits per heavy atom. The zero-order chi connectivity index (χ0) is 14.3. The van der Waals surface area contributed by atoms with Gasteiger partial charge in [-0.2, -0.15) is 0 Å². The minimum Gasteiger partial charge on any atom is -0.314 e. The van der Waals surface area contributed by atoms with E-state index < -0.39 is 0 Å². The molecule has 0 fully saturated rings. The van der Waals surface area contributed by atoms with E-state index in [0.717, 1.165) is 6.54 Å². The molecule has 1 N–H and O–H groups in total. The van der Waals surface area contributed by atoms with Crippen molar-refractivity contribution < 1.29 is 0 Å². The highest BCUT2D eigenvalue weighted by Gasteiger charge is 2.28. The maximum atomic E-state index is 4.41. The molecule has 0 saturated carbocycles. The van der Waals surface area contributed by atoms with Crippen LogP contribution in [0.25, 0.3) is 0 Å². The van der Waals surface area contributed by atoms with Crippen molar-refractivity contribution in [3.05, 3.63) is 16.1 Å². The van der Waals surface area contributed by atoms with E-state index in [1.165, 1.54) is 42.0 Å². The van der Waals surface area contributed by atoms with E-state index in [0.29, 0.717) is 11.5 Å². The predicted octanol–water partition coefficient (Wildman–Crippen LogP) is 4.58. The summed E-state index contributed by atoms with van der Waals surface area (Å²) in [5.74, 6) is 0. The molecule has 0 aliphatic rings. The Kier molecular flexibility index (Phi) is 7.01. The van der Waals surface area contributed by atoms with Crippen LogP contribution in [0.15, 0.2) is 6.20 Å². The molecule has 0 aliphatic carbocycles. The first-order valence-electron chi connectivity index (χ1n) is 7.66. The summed E-state index contributed by atoms with van der Waals surface area (Å²) in [6.07, 6.45) is 8.41. The minimum atomic E-state index is 0.402. The van der Waals surface area contributed by atoms with Crippen molar-refractivity contribution in [1.82, 2.24) is 10.3 Å². The topological polar surface area (TPSA) is 24.9 Å². The molecule has 0 amide bonds. The Morgan fingerprint density at radius 1 is 1.37 bits per heavy atom. The molecule has 0 spiro atoms. The predicted molar refractivity (Wildman–Crippen MR) is 85.9 cm³/mol. The lowest BCUT2D eigenvalue weighted by atomic mass is 9.76. The van der Waals surface area contributed by atoms with Gasteiger partial charge in [0.25, 0.3) is 0 Å². The van der Waals surface area contributed by atoms with Gasteiger partial charge in [0.05, 0.1) is 5.01 Å². The van der Waals surface area contributed by atoms with Gasteiger partial charge in [-0.05, 0) is 31.6 Å². The second-order valence-electron chi connectivity index (χ2n) is 6.02. The third-order valence-electron chi connectivity index (χ3n) is 3.91. The standard InChI is InChI=1S/C16H30N2S/c1-6-8-9-16(7-2,12-18-13(3)4)10-15-11-17-14(5)19-15/h11,13,18H,6-10,12H2,1-5H3. The summed E-state index contributed by atoms with van der Waals surface area (Å²) in [6.45, 7) is 12.3. The summed E-state index contributed by atoms with van der Waals surface area (Å²) < 4.78 is 0. The molecule has 110 valence electrons. The molecule has 19 heavy (non-hydrogen) atoms. The molecular formula is C16H30N2S. The Balaban J connectivity index is 2.75. The van der Waals surface area contributed by atoms with Gasteiger partial charge < -0.3 is 5.32 Å². The highest BCUT2D eigenvalue weighted by molar-refractivity contribution is 7.11. The summed E-state index contributed by atoms with van der Waals surface area (Å²) in [5, 5.41) is 4.84. The molecule has 1 atom stereocenters. The van der Waals surface area contributed by atoms with Crippen molar-refractivity contribution in [3.63, 3.8) is 0 Å². The SMILES string of the molecule is CCCCC(CC)(CNC(C)C)Cc1cnc(C)s1. The smallest absolute Gasteiger partial charge is 0.0896 e. The normalized spacial score (nSPS) is 14.8. The molecule has 2 nitrogen and oxygen atoms in total. The van der Waals surface area contributed by atoms with Gasteiger partial charge in [0.15, 0.2) is 0 Å². The van der Waals surface area contributed by atoms with Gasteiger partial charge in [-0.15, -0.1) is 11.3 Å². The van der Waals surface area contributed by atoms with Crippen LogP contribution in [-0.2, 0) is 6.42 Å². The number of unbranched alkanes of at least 4 members (excludes halogenated alkanes) is 1. The fourth-order valence-electron chi connectivity index (χ4n) is 2.50.